The molecule has 8 N–H and O–H groups in total. The molecule has 396 valence electrons. The van der Waals surface area contributed by atoms with Crippen LogP contribution in [0.15, 0.2) is 122 Å². The van der Waals surface area contributed by atoms with Crippen molar-refractivity contribution in [1.82, 2.24) is 0 Å². The Hall–Kier alpha value is -3.64. The minimum absolute atomic E-state index is 0.00531. The predicted molar refractivity (Wildman–Crippen MR) is 270 cm³/mol. The maximum absolute atomic E-state index is 13.0. The number of aliphatic hydroxyl groups is 5. The maximum Gasteiger partial charge on any atom is 0.472 e. The Morgan fingerprint density at radius 2 is 1.01 bits per heavy atom. The number of phosphoric ester groups is 2. The zero-order valence-corrected chi connectivity index (χ0v) is 42.5. The van der Waals surface area contributed by atoms with Gasteiger partial charge in [0.1, 0.15) is 43.2 Å². The van der Waals surface area contributed by atoms with E-state index in [1.54, 1.807) is 12.2 Å². The summed E-state index contributed by atoms with van der Waals surface area (Å²) in [6, 6.07) is 0. The number of rotatable bonds is 38. The molecule has 0 aromatic heterocycles. The molecule has 9 atom stereocenters. The second kappa shape index (κ2) is 39.9. The van der Waals surface area contributed by atoms with Crippen LogP contribution < -0.4 is 0 Å². The van der Waals surface area contributed by atoms with Crippen molar-refractivity contribution in [2.45, 2.75) is 172 Å². The van der Waals surface area contributed by atoms with Crippen LogP contribution in [0.5, 0.6) is 0 Å². The van der Waals surface area contributed by atoms with Gasteiger partial charge in [0.05, 0.1) is 12.7 Å². The minimum Gasteiger partial charge on any atom is -0.462 e. The molecule has 70 heavy (non-hydrogen) atoms. The van der Waals surface area contributed by atoms with Crippen molar-refractivity contribution in [1.29, 1.82) is 0 Å². The molecule has 0 aromatic carbocycles. The second-order valence-corrected chi connectivity index (χ2v) is 18.9. The van der Waals surface area contributed by atoms with Gasteiger partial charge in [-0.2, -0.15) is 0 Å². The summed E-state index contributed by atoms with van der Waals surface area (Å²) in [7, 11) is -10.7. The molecule has 0 aromatic rings. The lowest BCUT2D eigenvalue weighted by Gasteiger charge is -2.43. The molecule has 0 bridgehead atoms. The fourth-order valence-corrected chi connectivity index (χ4v) is 7.94. The van der Waals surface area contributed by atoms with Crippen LogP contribution in [0.25, 0.3) is 0 Å². The molecule has 1 aliphatic rings. The number of ether oxygens (including phenoxy) is 2. The highest BCUT2D eigenvalue weighted by molar-refractivity contribution is 7.47. The van der Waals surface area contributed by atoms with Crippen LogP contribution in [0.3, 0.4) is 0 Å². The first-order chi connectivity index (χ1) is 33.5. The molecule has 0 aliphatic heterocycles. The molecule has 6 unspecified atom stereocenters. The lowest BCUT2D eigenvalue weighted by atomic mass is 9.85. The van der Waals surface area contributed by atoms with Gasteiger partial charge in [-0.05, 0) is 89.9 Å². The number of hydrogen-bond acceptors (Lipinski definition) is 14. The third kappa shape index (κ3) is 33.9. The lowest BCUT2D eigenvalue weighted by molar-refractivity contribution is -0.216. The number of unbranched alkanes of at least 4 members (excludes halogenated alkanes) is 4. The number of phosphoric acid groups is 2. The zero-order chi connectivity index (χ0) is 51.9. The van der Waals surface area contributed by atoms with Crippen LogP contribution in [0.2, 0.25) is 0 Å². The van der Waals surface area contributed by atoms with Crippen molar-refractivity contribution in [3.8, 4) is 0 Å². The Morgan fingerprint density at radius 3 is 1.57 bits per heavy atom. The van der Waals surface area contributed by atoms with Gasteiger partial charge in [0.25, 0.3) is 0 Å². The summed E-state index contributed by atoms with van der Waals surface area (Å²) in [6.45, 7) is 2.72. The van der Waals surface area contributed by atoms with E-state index < -0.39 is 89.6 Å². The largest absolute Gasteiger partial charge is 0.472 e. The van der Waals surface area contributed by atoms with Crippen molar-refractivity contribution in [2.24, 2.45) is 0 Å². The highest BCUT2D eigenvalue weighted by Gasteiger charge is 2.54. The van der Waals surface area contributed by atoms with E-state index in [4.69, 9.17) is 18.5 Å². The highest BCUT2D eigenvalue weighted by atomic mass is 31.2. The molecule has 19 heteroatoms. The Labute approximate surface area is 414 Å². The summed E-state index contributed by atoms with van der Waals surface area (Å²) in [4.78, 5) is 54.3. The standard InChI is InChI=1S/C51H80O17P2/c1-3-5-7-9-11-12-13-14-15-16-17-18-19-20-21-22-27-31-35-39-45(54)66-43(41-65-70(62,63)68-51-48(57)46(55)47(56)50(49(51)58)67-69(59,60)61)40-64-44(53)38-34-30-26-24-23-25-29-33-37-42(52)36-32-28-10-8-6-4-2/h5-8,11-12,14-15,17-18,20-21,24-26,28-29,32-33,37,42-43,46-52,55-58H,3-4,9-10,13,16,19,22-23,27,30-31,34-36,38-41H2,1-2H3,(H,62,63)(H2,59,60,61)/b7-5-,8-6-,12-11-,15-14-,18-17-,21-20-,26-24-,29-25-,32-28-,37-33+/t42?,43-,46?,47?,48?,49?,50-,51+/m1/s1. The van der Waals surface area contributed by atoms with E-state index in [0.717, 1.165) is 57.8 Å². The Kier molecular flexibility index (Phi) is 36.7. The van der Waals surface area contributed by atoms with Gasteiger partial charge in [-0.1, -0.05) is 142 Å². The molecule has 0 amide bonds. The molecular weight excluding hydrogens is 946 g/mol. The van der Waals surface area contributed by atoms with Gasteiger partial charge in [-0.25, -0.2) is 9.13 Å². The Bertz CT molecular complexity index is 1830. The summed E-state index contributed by atoms with van der Waals surface area (Å²) in [5.74, 6) is -1.37. The summed E-state index contributed by atoms with van der Waals surface area (Å²) < 4.78 is 49.3. The highest BCUT2D eigenvalue weighted by Crippen LogP contribution is 2.49. The first-order valence-electron chi connectivity index (χ1n) is 24.2. The monoisotopic (exact) mass is 1030 g/mol. The smallest absolute Gasteiger partial charge is 0.462 e. The van der Waals surface area contributed by atoms with Gasteiger partial charge < -0.3 is 49.7 Å². The molecule has 1 aliphatic carbocycles. The number of carbonyl (C=O) groups excluding carboxylic acids is 2. The van der Waals surface area contributed by atoms with Crippen LogP contribution in [-0.2, 0) is 41.8 Å². The third-order valence-electron chi connectivity index (χ3n) is 10.1. The summed E-state index contributed by atoms with van der Waals surface area (Å²) in [5, 5.41) is 51.3. The molecule has 1 saturated carbocycles. The van der Waals surface area contributed by atoms with E-state index in [2.05, 4.69) is 91.3 Å². The molecule has 0 saturated heterocycles. The average molecular weight is 1030 g/mol. The van der Waals surface area contributed by atoms with Gasteiger partial charge in [0.2, 0.25) is 0 Å². The summed E-state index contributed by atoms with van der Waals surface area (Å²) in [5.41, 5.74) is 0. The van der Waals surface area contributed by atoms with Crippen LogP contribution in [0.4, 0.5) is 0 Å². The molecular formula is C51H80O17P2. The SMILES string of the molecule is CC/C=C\C/C=C\C/C=C\C/C=C\C/C=C\CCCCCC(=O)O[C@H](COC(=O)CCC/C=C\C/C=C\C=C\C(O)C/C=C\C/C=C\CC)COP(=O)(O)O[C@H]1C(O)C(O)C(O)[C@@H](OP(=O)(O)O)C1O. The van der Waals surface area contributed by atoms with Gasteiger partial charge in [0.15, 0.2) is 6.10 Å². The maximum atomic E-state index is 13.0. The normalized spacial score (nSPS) is 22.5. The molecule has 0 spiro atoms. The fourth-order valence-electron chi connectivity index (χ4n) is 6.41. The van der Waals surface area contributed by atoms with Crippen molar-refractivity contribution >= 4 is 27.6 Å². The number of allylic oxidation sites excluding steroid dienone is 18. The van der Waals surface area contributed by atoms with Crippen LogP contribution in [-0.4, -0.2) is 114 Å². The zero-order valence-electron chi connectivity index (χ0n) is 40.7. The first-order valence-corrected chi connectivity index (χ1v) is 27.2. The van der Waals surface area contributed by atoms with Crippen molar-refractivity contribution < 1.29 is 82.0 Å². The molecule has 0 heterocycles. The summed E-state index contributed by atoms with van der Waals surface area (Å²) >= 11 is 0. The number of esters is 2. The number of hydrogen-bond donors (Lipinski definition) is 8. The predicted octanol–water partition coefficient (Wildman–Crippen LogP) is 8.47. The van der Waals surface area contributed by atoms with E-state index in [-0.39, 0.29) is 12.8 Å². The van der Waals surface area contributed by atoms with Crippen molar-refractivity contribution in [3.05, 3.63) is 122 Å². The second-order valence-electron chi connectivity index (χ2n) is 16.3. The molecule has 1 fully saturated rings. The number of aliphatic hydroxyl groups excluding tert-OH is 5. The first kappa shape index (κ1) is 64.4. The van der Waals surface area contributed by atoms with Gasteiger partial charge in [-0.3, -0.25) is 23.2 Å². The van der Waals surface area contributed by atoms with Gasteiger partial charge >= 0.3 is 27.6 Å². The molecule has 17 nitrogen and oxygen atoms in total. The van der Waals surface area contributed by atoms with Crippen molar-refractivity contribution in [3.63, 3.8) is 0 Å². The third-order valence-corrected chi connectivity index (χ3v) is 11.6. The Balaban J connectivity index is 2.68. The van der Waals surface area contributed by atoms with E-state index in [1.807, 2.05) is 36.5 Å². The van der Waals surface area contributed by atoms with Crippen LogP contribution in [0.1, 0.15) is 123 Å². The van der Waals surface area contributed by atoms with Crippen LogP contribution >= 0.6 is 15.6 Å². The molecule has 1 rings (SSSR count). The lowest BCUT2D eigenvalue weighted by Crippen LogP contribution is -2.64. The van der Waals surface area contributed by atoms with E-state index in [0.29, 0.717) is 38.5 Å². The van der Waals surface area contributed by atoms with Crippen molar-refractivity contribution in [2.75, 3.05) is 13.2 Å². The summed E-state index contributed by atoms with van der Waals surface area (Å²) in [6.07, 6.45) is 36.1. The quantitative estimate of drug-likeness (QED) is 0.00946. The topological polar surface area (TPSA) is 276 Å². The average Bonchev–Trinajstić information content (AvgIpc) is 3.31. The van der Waals surface area contributed by atoms with E-state index in [9.17, 15) is 58.9 Å². The molecule has 0 radical (unpaired) electrons. The van der Waals surface area contributed by atoms with E-state index in [1.165, 1.54) is 0 Å². The Morgan fingerprint density at radius 1 is 0.529 bits per heavy atom. The minimum atomic E-state index is -5.39. The van der Waals surface area contributed by atoms with E-state index >= 15 is 0 Å². The number of carbonyl (C=O) groups is 2. The van der Waals surface area contributed by atoms with Crippen LogP contribution in [0, 0.1) is 0 Å². The fraction of sp³-hybridized carbons (Fsp3) is 0.569. The van der Waals surface area contributed by atoms with Gasteiger partial charge in [0, 0.05) is 12.8 Å². The van der Waals surface area contributed by atoms with Gasteiger partial charge in [-0.15, -0.1) is 0 Å².